The minimum absolute atomic E-state index is 0. The molecule has 5 heteroatoms. The molecular weight excluding hydrogens is 244 g/mol. The molecule has 0 aromatic heterocycles. The molecule has 0 saturated heterocycles. The molecule has 0 unspecified atom stereocenters. The summed E-state index contributed by atoms with van der Waals surface area (Å²) >= 11 is 0. The van der Waals surface area contributed by atoms with Crippen LogP contribution in [0.2, 0.25) is 0 Å². The number of carbonyl (C=O) groups excluding carboxylic acids is 1. The van der Waals surface area contributed by atoms with E-state index in [9.17, 15) is 4.79 Å². The number of rotatable bonds is 7. The molecule has 0 N–H and O–H groups in total. The van der Waals surface area contributed by atoms with Gasteiger partial charge in [0.1, 0.15) is 0 Å². The van der Waals surface area contributed by atoms with Gasteiger partial charge in [-0.25, -0.2) is 0 Å². The van der Waals surface area contributed by atoms with Gasteiger partial charge in [0, 0.05) is 21.7 Å². The molecule has 0 heterocycles. The largest absolute Gasteiger partial charge is 0.355 e. The van der Waals surface area contributed by atoms with Crippen molar-refractivity contribution in [1.82, 2.24) is 0 Å². The standard InChI is InChI=1S/C11H21O4.Ti/c1-8(2)13-11(7-12,14-9(3)4)15-10(5)6;/h8-10H,1-6H3;. The van der Waals surface area contributed by atoms with Crippen LogP contribution in [0.4, 0.5) is 0 Å². The molecule has 0 spiro atoms. The fourth-order valence-corrected chi connectivity index (χ4v) is 1.09. The molecule has 1 radical (unpaired) electrons. The van der Waals surface area contributed by atoms with Gasteiger partial charge in [0.05, 0.1) is 18.3 Å². The normalized spacial score (nSPS) is 12.1. The number of ether oxygens (including phenoxy) is 3. The molecular formula is C11H21O4Ti. The Morgan fingerprint density at radius 2 is 1.06 bits per heavy atom. The van der Waals surface area contributed by atoms with Crippen molar-refractivity contribution in [3.8, 4) is 0 Å². The van der Waals surface area contributed by atoms with Gasteiger partial charge in [-0.15, -0.1) is 0 Å². The molecule has 0 aromatic carbocycles. The summed E-state index contributed by atoms with van der Waals surface area (Å²) < 4.78 is 16.0. The molecule has 0 rings (SSSR count). The third-order valence-corrected chi connectivity index (χ3v) is 1.30. The van der Waals surface area contributed by atoms with Crippen LogP contribution in [0.25, 0.3) is 0 Å². The van der Waals surface area contributed by atoms with E-state index in [1.165, 1.54) is 0 Å². The second kappa shape index (κ2) is 8.37. The topological polar surface area (TPSA) is 44.8 Å². The molecule has 0 aliphatic rings. The Morgan fingerprint density at radius 1 is 0.812 bits per heavy atom. The average molecular weight is 265 g/mol. The van der Waals surface area contributed by atoms with Crippen LogP contribution in [0.3, 0.4) is 0 Å². The first-order valence-corrected chi connectivity index (χ1v) is 5.24. The van der Waals surface area contributed by atoms with Crippen molar-refractivity contribution in [3.63, 3.8) is 0 Å². The Hall–Kier alpha value is 0.264. The summed E-state index contributed by atoms with van der Waals surface area (Å²) in [7, 11) is 0. The summed E-state index contributed by atoms with van der Waals surface area (Å²) in [5, 5.41) is 0. The van der Waals surface area contributed by atoms with Gasteiger partial charge in [0.15, 0.2) is 0 Å². The van der Waals surface area contributed by atoms with Crippen LogP contribution in [0.15, 0.2) is 0 Å². The molecule has 93 valence electrons. The van der Waals surface area contributed by atoms with E-state index in [0.717, 1.165) is 0 Å². The van der Waals surface area contributed by atoms with Gasteiger partial charge in [-0.05, 0) is 41.5 Å². The SMILES string of the molecule is CC(C)OC([C]=O)(OC(C)C)OC(C)C.[Ti]. The van der Waals surface area contributed by atoms with E-state index in [2.05, 4.69) is 0 Å². The summed E-state index contributed by atoms with van der Waals surface area (Å²) in [6.07, 6.45) is 1.16. The molecule has 0 aromatic rings. The number of hydrogen-bond donors (Lipinski definition) is 0. The van der Waals surface area contributed by atoms with Crippen molar-refractivity contribution in [3.05, 3.63) is 0 Å². The van der Waals surface area contributed by atoms with Crippen LogP contribution in [0.1, 0.15) is 41.5 Å². The van der Waals surface area contributed by atoms with E-state index in [0.29, 0.717) is 0 Å². The van der Waals surface area contributed by atoms with Gasteiger partial charge in [0.25, 0.3) is 6.29 Å². The molecule has 0 bridgehead atoms. The Balaban J connectivity index is 0. The van der Waals surface area contributed by atoms with E-state index in [4.69, 9.17) is 14.2 Å². The zero-order chi connectivity index (χ0) is 12.1. The van der Waals surface area contributed by atoms with Gasteiger partial charge < -0.3 is 14.2 Å². The van der Waals surface area contributed by atoms with Crippen molar-refractivity contribution >= 4 is 6.29 Å². The molecule has 0 saturated carbocycles. The van der Waals surface area contributed by atoms with Crippen molar-refractivity contribution < 1.29 is 40.7 Å². The van der Waals surface area contributed by atoms with Crippen LogP contribution in [0.5, 0.6) is 0 Å². The minimum Gasteiger partial charge on any atom is -0.318 e. The maximum Gasteiger partial charge on any atom is 0.355 e. The Bertz CT molecular complexity index is 166. The van der Waals surface area contributed by atoms with Crippen molar-refractivity contribution in [2.75, 3.05) is 0 Å². The van der Waals surface area contributed by atoms with Gasteiger partial charge in [-0.1, -0.05) is 0 Å². The van der Waals surface area contributed by atoms with Crippen LogP contribution >= 0.6 is 0 Å². The second-order valence-electron chi connectivity index (χ2n) is 4.16. The summed E-state index contributed by atoms with van der Waals surface area (Å²) in [5.74, 6) is -1.70. The molecule has 16 heavy (non-hydrogen) atoms. The van der Waals surface area contributed by atoms with Gasteiger partial charge in [0.2, 0.25) is 0 Å². The second-order valence-corrected chi connectivity index (χ2v) is 4.16. The predicted molar refractivity (Wildman–Crippen MR) is 57.1 cm³/mol. The van der Waals surface area contributed by atoms with Gasteiger partial charge in [-0.3, -0.25) is 4.79 Å². The Labute approximate surface area is 113 Å². The van der Waals surface area contributed by atoms with E-state index in [1.54, 1.807) is 47.8 Å². The van der Waals surface area contributed by atoms with E-state index in [1.807, 2.05) is 0 Å². The van der Waals surface area contributed by atoms with Crippen molar-refractivity contribution in [2.45, 2.75) is 65.8 Å². The third-order valence-electron chi connectivity index (χ3n) is 1.30. The predicted octanol–water partition coefficient (Wildman–Crippen LogP) is 2.02. The first-order chi connectivity index (χ1) is 6.81. The molecule has 0 amide bonds. The maximum absolute atomic E-state index is 10.9. The fraction of sp³-hybridized carbons (Fsp3) is 0.909. The average Bonchev–Trinajstić information content (AvgIpc) is 1.99. The fourth-order valence-electron chi connectivity index (χ4n) is 1.09. The zero-order valence-corrected chi connectivity index (χ0v) is 12.4. The molecule has 0 aliphatic heterocycles. The zero-order valence-electron chi connectivity index (χ0n) is 10.9. The third kappa shape index (κ3) is 7.52. The van der Waals surface area contributed by atoms with E-state index < -0.39 is 5.97 Å². The quantitative estimate of drug-likeness (QED) is 0.522. The van der Waals surface area contributed by atoms with Gasteiger partial charge >= 0.3 is 5.97 Å². The first-order valence-electron chi connectivity index (χ1n) is 5.24. The Morgan fingerprint density at radius 3 is 1.19 bits per heavy atom. The van der Waals surface area contributed by atoms with Crippen LogP contribution in [-0.4, -0.2) is 30.6 Å². The molecule has 0 fully saturated rings. The minimum atomic E-state index is -1.70. The van der Waals surface area contributed by atoms with Crippen molar-refractivity contribution in [2.24, 2.45) is 0 Å². The summed E-state index contributed by atoms with van der Waals surface area (Å²) in [5.41, 5.74) is 0. The molecule has 0 atom stereocenters. The van der Waals surface area contributed by atoms with Crippen LogP contribution < -0.4 is 0 Å². The van der Waals surface area contributed by atoms with E-state index in [-0.39, 0.29) is 40.0 Å². The molecule has 0 aliphatic carbocycles. The van der Waals surface area contributed by atoms with Crippen LogP contribution in [-0.2, 0) is 40.7 Å². The summed E-state index contributed by atoms with van der Waals surface area (Å²) in [6, 6.07) is 0. The van der Waals surface area contributed by atoms with Crippen LogP contribution in [0, 0.1) is 0 Å². The number of hydrogen-bond acceptors (Lipinski definition) is 4. The summed E-state index contributed by atoms with van der Waals surface area (Å²) in [6.45, 7) is 10.8. The van der Waals surface area contributed by atoms with Crippen molar-refractivity contribution in [1.29, 1.82) is 0 Å². The van der Waals surface area contributed by atoms with E-state index >= 15 is 0 Å². The Kier molecular flexibility index (Phi) is 9.74. The smallest absolute Gasteiger partial charge is 0.318 e. The summed E-state index contributed by atoms with van der Waals surface area (Å²) in [4.78, 5) is 10.9. The first kappa shape index (κ1) is 18.6. The van der Waals surface area contributed by atoms with Gasteiger partial charge in [-0.2, -0.15) is 0 Å². The monoisotopic (exact) mass is 265 g/mol. The molecule has 4 nitrogen and oxygen atoms in total. The maximum atomic E-state index is 10.9.